The van der Waals surface area contributed by atoms with Gasteiger partial charge in [0.1, 0.15) is 23.1 Å². The van der Waals surface area contributed by atoms with Crippen molar-refractivity contribution < 1.29 is 40.7 Å². The second-order valence-corrected chi connectivity index (χ2v) is 12.2. The lowest BCUT2D eigenvalue weighted by Gasteiger charge is -2.18. The zero-order valence-corrected chi connectivity index (χ0v) is 27.6. The predicted molar refractivity (Wildman–Crippen MR) is 180 cm³/mol. The number of aliphatic imine (C=N–C) groups is 2. The Balaban J connectivity index is 1.85. The van der Waals surface area contributed by atoms with Crippen LogP contribution < -0.4 is 33.4 Å². The number of alkyl halides is 6. The number of hydrogen-bond acceptors (Lipinski definition) is 7. The average molecular weight is 726 g/mol. The highest BCUT2D eigenvalue weighted by Crippen LogP contribution is 2.38. The molecule has 0 aliphatic rings. The summed E-state index contributed by atoms with van der Waals surface area (Å²) in [5.74, 6) is -1.11. The van der Waals surface area contributed by atoms with E-state index in [1.807, 2.05) is 0 Å². The number of benzene rings is 3. The quantitative estimate of drug-likeness (QED) is 0.0399. The number of thioether (sulfide) groups is 1. The van der Waals surface area contributed by atoms with E-state index in [0.29, 0.717) is 35.6 Å². The molecular formula is C33H37F6N7O3S. The minimum Gasteiger partial charge on any atom is -0.457 e. The highest BCUT2D eigenvalue weighted by molar-refractivity contribution is 7.99. The van der Waals surface area contributed by atoms with Crippen molar-refractivity contribution in [3.8, 4) is 11.5 Å². The van der Waals surface area contributed by atoms with Gasteiger partial charge >= 0.3 is 12.4 Å². The Morgan fingerprint density at radius 1 is 0.740 bits per heavy atom. The largest absolute Gasteiger partial charge is 0.457 e. The number of carbonyl (C=O) groups is 2. The number of rotatable bonds is 17. The van der Waals surface area contributed by atoms with Crippen LogP contribution in [0.5, 0.6) is 11.5 Å². The molecule has 0 aliphatic heterocycles. The Hall–Kier alpha value is -4.77. The van der Waals surface area contributed by atoms with Crippen molar-refractivity contribution in [1.29, 1.82) is 0 Å². The van der Waals surface area contributed by atoms with Gasteiger partial charge in [-0.25, -0.2) is 4.99 Å². The predicted octanol–water partition coefficient (Wildman–Crippen LogP) is 5.38. The summed E-state index contributed by atoms with van der Waals surface area (Å²) in [6.45, 7) is 0.507. The van der Waals surface area contributed by atoms with E-state index in [9.17, 15) is 35.9 Å². The van der Waals surface area contributed by atoms with Crippen LogP contribution in [-0.4, -0.2) is 42.3 Å². The maximum absolute atomic E-state index is 14.0. The molecule has 0 aliphatic carbocycles. The van der Waals surface area contributed by atoms with Gasteiger partial charge in [-0.2, -0.15) is 26.3 Å². The Morgan fingerprint density at radius 3 is 1.98 bits per heavy atom. The molecule has 0 radical (unpaired) electrons. The number of guanidine groups is 2. The van der Waals surface area contributed by atoms with Crippen molar-refractivity contribution in [2.24, 2.45) is 38.7 Å². The molecule has 0 heterocycles. The van der Waals surface area contributed by atoms with Crippen molar-refractivity contribution in [3.05, 3.63) is 82.4 Å². The van der Waals surface area contributed by atoms with Gasteiger partial charge < -0.3 is 33.4 Å². The molecule has 50 heavy (non-hydrogen) atoms. The molecule has 3 rings (SSSR count). The Morgan fingerprint density at radius 2 is 1.38 bits per heavy atom. The molecule has 10 N–H and O–H groups in total. The molecule has 270 valence electrons. The zero-order chi connectivity index (χ0) is 37.1. The van der Waals surface area contributed by atoms with Gasteiger partial charge in [0.05, 0.1) is 16.8 Å². The van der Waals surface area contributed by atoms with Gasteiger partial charge in [-0.3, -0.25) is 14.6 Å². The Bertz CT molecular complexity index is 1720. The fourth-order valence-corrected chi connectivity index (χ4v) is 5.80. The highest BCUT2D eigenvalue weighted by atomic mass is 32.2. The van der Waals surface area contributed by atoms with Crippen LogP contribution in [0, 0.1) is 0 Å². The van der Waals surface area contributed by atoms with Crippen molar-refractivity contribution in [3.63, 3.8) is 0 Å². The van der Waals surface area contributed by atoms with Gasteiger partial charge in [0.2, 0.25) is 0 Å². The van der Waals surface area contributed by atoms with E-state index in [1.54, 1.807) is 6.07 Å². The molecule has 0 bridgehead atoms. The standard InChI is InChI=1S/C33H37F6N7O3S/c34-32(35,36)22-12-20(14-25(47)5-1-2-8-45-30(41)42)29(50-9-7-40)21(13-22)15-26(48)10-19-4-3-6-27(11-19)49-28-17-23(33(37,38)39)16-24(18-28)46-31(43)44/h3-4,6,11-13,16-18H,1-2,5,7-10,14-15,40H2,(H4,41,42,45)(H4,43,44,46). The number of ketones is 2. The molecular weight excluding hydrogens is 688 g/mol. The molecule has 0 atom stereocenters. The second kappa shape index (κ2) is 17.8. The molecule has 17 heteroatoms. The number of carbonyl (C=O) groups excluding carboxylic acids is 2. The molecule has 0 amide bonds. The SMILES string of the molecule is NCCSc1c(CC(=O)CCCCN=C(N)N)cc(C(F)(F)F)cc1CC(=O)Cc1cccc(Oc2cc(N=C(N)N)cc(C(F)(F)F)c2)c1. The lowest BCUT2D eigenvalue weighted by atomic mass is 9.95. The molecule has 10 nitrogen and oxygen atoms in total. The fourth-order valence-electron chi connectivity index (χ4n) is 4.85. The summed E-state index contributed by atoms with van der Waals surface area (Å²) >= 11 is 1.16. The van der Waals surface area contributed by atoms with Crippen molar-refractivity contribution in [2.45, 2.75) is 55.8 Å². The Labute approximate surface area is 288 Å². The van der Waals surface area contributed by atoms with E-state index in [-0.39, 0.29) is 65.9 Å². The average Bonchev–Trinajstić information content (AvgIpc) is 2.99. The highest BCUT2D eigenvalue weighted by Gasteiger charge is 2.33. The van der Waals surface area contributed by atoms with Crippen LogP contribution in [0.25, 0.3) is 0 Å². The minimum absolute atomic E-state index is 0.0841. The molecule has 0 fully saturated rings. The maximum atomic E-state index is 14.0. The first-order valence-electron chi connectivity index (χ1n) is 15.2. The van der Waals surface area contributed by atoms with E-state index in [0.717, 1.165) is 36.0 Å². The third kappa shape index (κ3) is 12.9. The Kier molecular flexibility index (Phi) is 14.1. The van der Waals surface area contributed by atoms with Crippen molar-refractivity contribution >= 4 is 40.9 Å². The summed E-state index contributed by atoms with van der Waals surface area (Å²) in [6, 6.07) is 10.5. The number of Topliss-reactive ketones (excluding diaryl/α,β-unsaturated/α-hetero) is 2. The lowest BCUT2D eigenvalue weighted by molar-refractivity contribution is -0.138. The van der Waals surface area contributed by atoms with Crippen LogP contribution in [0.15, 0.2) is 69.5 Å². The van der Waals surface area contributed by atoms with Crippen LogP contribution in [0.4, 0.5) is 32.0 Å². The summed E-state index contributed by atoms with van der Waals surface area (Å²) in [5, 5.41) is 0. The zero-order valence-electron chi connectivity index (χ0n) is 26.7. The summed E-state index contributed by atoms with van der Waals surface area (Å²) in [6.07, 6.45) is -9.35. The molecule has 3 aromatic rings. The number of nitrogens with zero attached hydrogens (tertiary/aromatic N) is 2. The van der Waals surface area contributed by atoms with E-state index < -0.39 is 41.6 Å². The number of unbranched alkanes of at least 4 members (excludes halogenated alkanes) is 1. The van der Waals surface area contributed by atoms with Gasteiger partial charge in [0, 0.05) is 55.5 Å². The monoisotopic (exact) mass is 725 g/mol. The normalized spacial score (nSPS) is 11.6. The van der Waals surface area contributed by atoms with Crippen LogP contribution >= 0.6 is 11.8 Å². The molecule has 0 saturated carbocycles. The second-order valence-electron chi connectivity index (χ2n) is 11.1. The van der Waals surface area contributed by atoms with Gasteiger partial charge in [-0.05, 0) is 65.9 Å². The molecule has 0 aromatic heterocycles. The third-order valence-electron chi connectivity index (χ3n) is 6.88. The number of ether oxygens (including phenoxy) is 1. The first-order chi connectivity index (χ1) is 23.4. The molecule has 3 aromatic carbocycles. The molecule has 0 spiro atoms. The van der Waals surface area contributed by atoms with Crippen LogP contribution in [0.1, 0.15) is 47.1 Å². The van der Waals surface area contributed by atoms with E-state index in [1.165, 1.54) is 24.3 Å². The van der Waals surface area contributed by atoms with Crippen LogP contribution in [-0.2, 0) is 41.2 Å². The van der Waals surface area contributed by atoms with Crippen LogP contribution in [0.2, 0.25) is 0 Å². The molecule has 0 unspecified atom stereocenters. The minimum atomic E-state index is -4.75. The first kappa shape index (κ1) is 39.7. The van der Waals surface area contributed by atoms with E-state index in [4.69, 9.17) is 33.4 Å². The topological polar surface area (TPSA) is 198 Å². The number of hydrogen-bond donors (Lipinski definition) is 5. The van der Waals surface area contributed by atoms with Crippen molar-refractivity contribution in [1.82, 2.24) is 0 Å². The fraction of sp³-hybridized carbons (Fsp3) is 0.333. The van der Waals surface area contributed by atoms with Crippen molar-refractivity contribution in [2.75, 3.05) is 18.8 Å². The number of nitrogens with two attached hydrogens (primary N) is 5. The smallest absolute Gasteiger partial charge is 0.416 e. The summed E-state index contributed by atoms with van der Waals surface area (Å²) in [4.78, 5) is 34.0. The summed E-state index contributed by atoms with van der Waals surface area (Å²) in [7, 11) is 0. The van der Waals surface area contributed by atoms with Gasteiger partial charge in [-0.1, -0.05) is 12.1 Å². The van der Waals surface area contributed by atoms with Crippen LogP contribution in [0.3, 0.4) is 0 Å². The van der Waals surface area contributed by atoms with Gasteiger partial charge in [0.25, 0.3) is 0 Å². The maximum Gasteiger partial charge on any atom is 0.416 e. The molecule has 0 saturated heterocycles. The van der Waals surface area contributed by atoms with E-state index in [2.05, 4.69) is 9.98 Å². The van der Waals surface area contributed by atoms with Gasteiger partial charge in [-0.15, -0.1) is 11.8 Å². The van der Waals surface area contributed by atoms with E-state index >= 15 is 0 Å². The summed E-state index contributed by atoms with van der Waals surface area (Å²) in [5.41, 5.74) is 25.3. The third-order valence-corrected chi connectivity index (χ3v) is 8.13. The first-order valence-corrected chi connectivity index (χ1v) is 16.2. The van der Waals surface area contributed by atoms with Gasteiger partial charge in [0.15, 0.2) is 11.9 Å². The summed E-state index contributed by atoms with van der Waals surface area (Å²) < 4.78 is 88.0. The number of halogens is 6. The lowest BCUT2D eigenvalue weighted by Crippen LogP contribution is -2.22.